The van der Waals surface area contributed by atoms with E-state index in [9.17, 15) is 16.8 Å². The van der Waals surface area contributed by atoms with Crippen LogP contribution < -0.4 is 8.37 Å². The summed E-state index contributed by atoms with van der Waals surface area (Å²) >= 11 is 1.01. The monoisotopic (exact) mass is 518 g/mol. The van der Waals surface area contributed by atoms with Crippen LogP contribution in [0.2, 0.25) is 0 Å². The zero-order valence-electron chi connectivity index (χ0n) is 18.7. The molecular weight excluding hydrogens is 496 g/mol. The van der Waals surface area contributed by atoms with Crippen molar-refractivity contribution in [3.8, 4) is 24.1 Å². The third kappa shape index (κ3) is 6.08. The highest BCUT2D eigenvalue weighted by molar-refractivity contribution is 7.99. The maximum Gasteiger partial charge on any atom is 0.340 e. The molecule has 0 atom stereocenters. The maximum atomic E-state index is 12.9. The van der Waals surface area contributed by atoms with Crippen molar-refractivity contribution in [1.82, 2.24) is 9.97 Å². The fourth-order valence-corrected chi connectivity index (χ4v) is 5.08. The number of hydrogen-bond donors (Lipinski definition) is 0. The van der Waals surface area contributed by atoms with Crippen molar-refractivity contribution in [2.75, 3.05) is 5.75 Å². The first-order chi connectivity index (χ1) is 16.1. The Balaban J connectivity index is 2.07. The molecule has 2 aromatic carbocycles. The Hall–Kier alpha value is -3.07. The second-order valence-electron chi connectivity index (χ2n) is 7.14. The summed E-state index contributed by atoms with van der Waals surface area (Å²) in [6, 6.07) is 12.2. The molecule has 0 unspecified atom stereocenters. The lowest BCUT2D eigenvalue weighted by Gasteiger charge is -2.15. The number of benzene rings is 2. The highest BCUT2D eigenvalue weighted by Crippen LogP contribution is 2.33. The van der Waals surface area contributed by atoms with Crippen LogP contribution in [-0.2, 0) is 26.7 Å². The lowest BCUT2D eigenvalue weighted by atomic mass is 10.2. The van der Waals surface area contributed by atoms with Crippen molar-refractivity contribution < 1.29 is 25.2 Å². The molecule has 0 amide bonds. The van der Waals surface area contributed by atoms with Crippen molar-refractivity contribution in [3.63, 3.8) is 0 Å². The van der Waals surface area contributed by atoms with Crippen LogP contribution in [0.5, 0.6) is 11.8 Å². The van der Waals surface area contributed by atoms with Crippen molar-refractivity contribution in [2.24, 2.45) is 0 Å². The number of terminal acetylenes is 1. The lowest BCUT2D eigenvalue weighted by molar-refractivity contribution is 0.446. The van der Waals surface area contributed by atoms with Crippen LogP contribution in [0.15, 0.2) is 63.5 Å². The average molecular weight is 519 g/mol. The fraction of sp³-hybridized carbons (Fsp3) is 0.217. The van der Waals surface area contributed by atoms with Crippen LogP contribution in [0.4, 0.5) is 0 Å². The second kappa shape index (κ2) is 10.5. The van der Waals surface area contributed by atoms with E-state index in [0.717, 1.165) is 22.9 Å². The summed E-state index contributed by atoms with van der Waals surface area (Å²) < 4.78 is 62.2. The van der Waals surface area contributed by atoms with Gasteiger partial charge in [-0.05, 0) is 44.5 Å². The van der Waals surface area contributed by atoms with E-state index in [-0.39, 0.29) is 44.4 Å². The predicted octanol–water partition coefficient (Wildman–Crippen LogP) is 3.92. The van der Waals surface area contributed by atoms with E-state index >= 15 is 0 Å². The summed E-state index contributed by atoms with van der Waals surface area (Å²) in [6.45, 7) is 5.32. The van der Waals surface area contributed by atoms with Crippen LogP contribution in [0.1, 0.15) is 23.6 Å². The number of hydrogen-bond acceptors (Lipinski definition) is 9. The standard InChI is InChI=1S/C23H22N2O6S3/c1-5-15-32-23-24-21(30-33(26,27)18-11-7-16(3)8-12-18)20(6-2)22(25-23)31-34(28,29)19-13-9-17(4)10-14-19/h1,7-14H,6,15H2,2-4H3. The molecule has 11 heteroatoms. The molecule has 0 saturated heterocycles. The number of thioether (sulfide) groups is 1. The van der Waals surface area contributed by atoms with Gasteiger partial charge in [0.1, 0.15) is 9.79 Å². The molecule has 178 valence electrons. The molecule has 1 heterocycles. The second-order valence-corrected chi connectivity index (χ2v) is 11.2. The Morgan fingerprint density at radius 2 is 1.24 bits per heavy atom. The van der Waals surface area contributed by atoms with E-state index in [2.05, 4.69) is 15.9 Å². The molecule has 0 aliphatic rings. The van der Waals surface area contributed by atoms with Gasteiger partial charge in [0.15, 0.2) is 5.16 Å². The first kappa shape index (κ1) is 25.6. The topological polar surface area (TPSA) is 113 Å². The minimum atomic E-state index is -4.26. The molecule has 3 rings (SSSR count). The minimum absolute atomic E-state index is 0.0124. The van der Waals surface area contributed by atoms with Crippen molar-refractivity contribution in [1.29, 1.82) is 0 Å². The van der Waals surface area contributed by atoms with Gasteiger partial charge in [0, 0.05) is 0 Å². The Labute approximate surface area is 204 Å². The van der Waals surface area contributed by atoms with Gasteiger partial charge < -0.3 is 8.37 Å². The summed E-state index contributed by atoms with van der Waals surface area (Å²) in [5, 5.41) is 0.0124. The Morgan fingerprint density at radius 3 is 1.59 bits per heavy atom. The fourth-order valence-electron chi connectivity index (χ4n) is 2.75. The average Bonchev–Trinajstić information content (AvgIpc) is 2.77. The summed E-state index contributed by atoms with van der Waals surface area (Å²) in [4.78, 5) is 8.17. The van der Waals surface area contributed by atoms with Crippen LogP contribution in [0.25, 0.3) is 0 Å². The van der Waals surface area contributed by atoms with Crippen molar-refractivity contribution in [2.45, 2.75) is 42.1 Å². The van der Waals surface area contributed by atoms with Crippen molar-refractivity contribution >= 4 is 32.0 Å². The molecule has 1 aromatic heterocycles. The normalized spacial score (nSPS) is 11.6. The van der Waals surface area contributed by atoms with Gasteiger partial charge in [-0.15, -0.1) is 6.42 Å². The van der Waals surface area contributed by atoms with Crippen LogP contribution in [0, 0.1) is 26.2 Å². The largest absolute Gasteiger partial charge is 0.358 e. The third-order valence-electron chi connectivity index (χ3n) is 4.55. The molecule has 0 spiro atoms. The molecule has 0 N–H and O–H groups in total. The summed E-state index contributed by atoms with van der Waals surface area (Å²) in [5.74, 6) is 1.92. The van der Waals surface area contributed by atoms with Gasteiger partial charge in [0.2, 0.25) is 11.8 Å². The van der Waals surface area contributed by atoms with Crippen molar-refractivity contribution in [3.05, 3.63) is 65.2 Å². The van der Waals surface area contributed by atoms with E-state index in [1.165, 1.54) is 24.3 Å². The Bertz CT molecular complexity index is 1330. The molecule has 0 aliphatic carbocycles. The molecule has 0 aliphatic heterocycles. The van der Waals surface area contributed by atoms with Crippen LogP contribution >= 0.6 is 11.8 Å². The van der Waals surface area contributed by atoms with Crippen LogP contribution in [0.3, 0.4) is 0 Å². The minimum Gasteiger partial charge on any atom is -0.358 e. The summed E-state index contributed by atoms with van der Waals surface area (Å²) in [7, 11) is -8.52. The van der Waals surface area contributed by atoms with E-state index in [1.807, 2.05) is 13.8 Å². The van der Waals surface area contributed by atoms with E-state index < -0.39 is 20.2 Å². The van der Waals surface area contributed by atoms with Gasteiger partial charge in [0.05, 0.1) is 11.3 Å². The molecule has 0 bridgehead atoms. The zero-order chi connectivity index (χ0) is 24.9. The van der Waals surface area contributed by atoms with Gasteiger partial charge in [-0.2, -0.15) is 26.8 Å². The third-order valence-corrected chi connectivity index (χ3v) is 7.75. The molecule has 8 nitrogen and oxygen atoms in total. The van der Waals surface area contributed by atoms with Gasteiger partial charge >= 0.3 is 20.2 Å². The van der Waals surface area contributed by atoms with E-state index in [1.54, 1.807) is 31.2 Å². The van der Waals surface area contributed by atoms with E-state index in [0.29, 0.717) is 0 Å². The molecular formula is C23H22N2O6S3. The smallest absolute Gasteiger partial charge is 0.340 e. The number of aryl methyl sites for hydroxylation is 2. The predicted molar refractivity (Wildman–Crippen MR) is 129 cm³/mol. The maximum absolute atomic E-state index is 12.9. The zero-order valence-corrected chi connectivity index (χ0v) is 21.1. The number of aromatic nitrogens is 2. The highest BCUT2D eigenvalue weighted by Gasteiger charge is 2.27. The first-order valence-corrected chi connectivity index (χ1v) is 13.9. The number of rotatable bonds is 9. The number of nitrogens with zero attached hydrogens (tertiary/aromatic N) is 2. The van der Waals surface area contributed by atoms with Gasteiger partial charge in [0.25, 0.3) is 0 Å². The molecule has 0 fully saturated rings. The van der Waals surface area contributed by atoms with Crippen LogP contribution in [-0.4, -0.2) is 32.6 Å². The Kier molecular flexibility index (Phi) is 7.86. The van der Waals surface area contributed by atoms with Gasteiger partial charge in [-0.25, -0.2) is 0 Å². The van der Waals surface area contributed by atoms with E-state index in [4.69, 9.17) is 14.8 Å². The Morgan fingerprint density at radius 1 is 0.824 bits per heavy atom. The lowest BCUT2D eigenvalue weighted by Crippen LogP contribution is -2.16. The van der Waals surface area contributed by atoms with Gasteiger partial charge in [-0.3, -0.25) is 0 Å². The molecule has 0 radical (unpaired) electrons. The SMILES string of the molecule is C#CCSc1nc(OS(=O)(=O)c2ccc(C)cc2)c(CC)c(OS(=O)(=O)c2ccc(C)cc2)n1. The highest BCUT2D eigenvalue weighted by atomic mass is 32.2. The molecule has 0 saturated carbocycles. The molecule has 34 heavy (non-hydrogen) atoms. The summed E-state index contributed by atoms with van der Waals surface area (Å²) in [6.07, 6.45) is 5.44. The summed E-state index contributed by atoms with van der Waals surface area (Å²) in [5.41, 5.74) is 1.83. The molecule has 3 aromatic rings. The first-order valence-electron chi connectivity index (χ1n) is 10.0. The van der Waals surface area contributed by atoms with Gasteiger partial charge in [-0.1, -0.05) is 60.0 Å². The quantitative estimate of drug-likeness (QED) is 0.180.